The number of halogens is 1. The van der Waals surface area contributed by atoms with Crippen LogP contribution in [0.3, 0.4) is 0 Å². The van der Waals surface area contributed by atoms with Crippen LogP contribution in [0.4, 0.5) is 4.39 Å². The predicted molar refractivity (Wildman–Crippen MR) is 57.5 cm³/mol. The van der Waals surface area contributed by atoms with Crippen LogP contribution in [0.5, 0.6) is 5.75 Å². The summed E-state index contributed by atoms with van der Waals surface area (Å²) in [5, 5.41) is 9.45. The fraction of sp³-hybridized carbons (Fsp3) is 0.500. The predicted octanol–water partition coefficient (Wildman–Crippen LogP) is 2.67. The zero-order valence-electron chi connectivity index (χ0n) is 9.38. The molecule has 1 aromatic carbocycles. The van der Waals surface area contributed by atoms with E-state index in [0.717, 1.165) is 5.56 Å². The van der Waals surface area contributed by atoms with Crippen LogP contribution in [0, 0.1) is 12.7 Å². The van der Waals surface area contributed by atoms with Gasteiger partial charge in [0.25, 0.3) is 0 Å². The number of ether oxygens (including phenoxy) is 1. The lowest BCUT2D eigenvalue weighted by Crippen LogP contribution is -2.21. The summed E-state index contributed by atoms with van der Waals surface area (Å²) in [5.41, 5.74) is 0.176. The maximum absolute atomic E-state index is 13.2. The minimum absolute atomic E-state index is 0.249. The topological polar surface area (TPSA) is 29.5 Å². The Balaban J connectivity index is 2.54. The van der Waals surface area contributed by atoms with Crippen LogP contribution in [0.2, 0.25) is 0 Å². The lowest BCUT2D eigenvalue weighted by atomic mass is 10.1. The Labute approximate surface area is 89.7 Å². The summed E-state index contributed by atoms with van der Waals surface area (Å²) >= 11 is 0. The van der Waals surface area contributed by atoms with E-state index >= 15 is 0 Å². The number of aryl methyl sites for hydroxylation is 1. The van der Waals surface area contributed by atoms with Gasteiger partial charge in [-0.2, -0.15) is 0 Å². The Morgan fingerprint density at radius 1 is 1.40 bits per heavy atom. The van der Waals surface area contributed by atoms with Gasteiger partial charge < -0.3 is 9.84 Å². The summed E-state index contributed by atoms with van der Waals surface area (Å²) in [4.78, 5) is 0. The fourth-order valence-electron chi connectivity index (χ4n) is 1.13. The molecule has 0 heterocycles. The molecule has 0 amide bonds. The zero-order chi connectivity index (χ0) is 11.5. The van der Waals surface area contributed by atoms with E-state index in [0.29, 0.717) is 13.0 Å². The highest BCUT2D eigenvalue weighted by molar-refractivity contribution is 5.29. The molecule has 0 bridgehead atoms. The van der Waals surface area contributed by atoms with Crippen LogP contribution in [0.1, 0.15) is 25.8 Å². The van der Waals surface area contributed by atoms with Crippen molar-refractivity contribution in [3.05, 3.63) is 29.6 Å². The Morgan fingerprint density at radius 3 is 2.67 bits per heavy atom. The van der Waals surface area contributed by atoms with E-state index in [2.05, 4.69) is 0 Å². The fourth-order valence-corrected chi connectivity index (χ4v) is 1.13. The Hall–Kier alpha value is -1.09. The van der Waals surface area contributed by atoms with E-state index in [1.807, 2.05) is 6.92 Å². The van der Waals surface area contributed by atoms with Crippen molar-refractivity contribution in [1.29, 1.82) is 0 Å². The summed E-state index contributed by atoms with van der Waals surface area (Å²) in [6, 6.07) is 4.73. The molecular formula is C12H17FO2. The van der Waals surface area contributed by atoms with Gasteiger partial charge in [-0.05, 0) is 38.5 Å². The van der Waals surface area contributed by atoms with Gasteiger partial charge in [0.1, 0.15) is 0 Å². The van der Waals surface area contributed by atoms with Gasteiger partial charge in [-0.25, -0.2) is 4.39 Å². The van der Waals surface area contributed by atoms with Crippen LogP contribution in [-0.2, 0) is 0 Å². The maximum atomic E-state index is 13.2. The molecule has 3 heteroatoms. The number of hydrogen-bond acceptors (Lipinski definition) is 2. The lowest BCUT2D eigenvalue weighted by Gasteiger charge is -2.17. The summed E-state index contributed by atoms with van der Waals surface area (Å²) in [5.74, 6) is -0.115. The second-order valence-corrected chi connectivity index (χ2v) is 4.34. The lowest BCUT2D eigenvalue weighted by molar-refractivity contribution is 0.0547. The summed E-state index contributed by atoms with van der Waals surface area (Å²) in [6.45, 7) is 5.58. The van der Waals surface area contributed by atoms with Crippen molar-refractivity contribution in [3.63, 3.8) is 0 Å². The van der Waals surface area contributed by atoms with E-state index in [4.69, 9.17) is 4.74 Å². The van der Waals surface area contributed by atoms with E-state index in [1.54, 1.807) is 26.0 Å². The molecule has 0 saturated heterocycles. The molecule has 0 saturated carbocycles. The minimum atomic E-state index is -0.777. The maximum Gasteiger partial charge on any atom is 0.165 e. The molecule has 0 fully saturated rings. The van der Waals surface area contributed by atoms with Crippen LogP contribution >= 0.6 is 0 Å². The van der Waals surface area contributed by atoms with Crippen molar-refractivity contribution in [2.24, 2.45) is 0 Å². The molecule has 2 nitrogen and oxygen atoms in total. The second-order valence-electron chi connectivity index (χ2n) is 4.34. The largest absolute Gasteiger partial charge is 0.490 e. The van der Waals surface area contributed by atoms with Gasteiger partial charge in [0.05, 0.1) is 12.2 Å². The Morgan fingerprint density at radius 2 is 2.07 bits per heavy atom. The van der Waals surface area contributed by atoms with Crippen LogP contribution in [0.15, 0.2) is 18.2 Å². The molecule has 0 aliphatic heterocycles. The highest BCUT2D eigenvalue weighted by atomic mass is 19.1. The van der Waals surface area contributed by atoms with Crippen molar-refractivity contribution in [3.8, 4) is 5.75 Å². The van der Waals surface area contributed by atoms with Gasteiger partial charge in [-0.1, -0.05) is 6.07 Å². The molecule has 1 N–H and O–H groups in total. The quantitative estimate of drug-likeness (QED) is 0.831. The molecule has 0 atom stereocenters. The van der Waals surface area contributed by atoms with Gasteiger partial charge in [0, 0.05) is 6.42 Å². The van der Waals surface area contributed by atoms with Crippen molar-refractivity contribution in [2.45, 2.75) is 32.8 Å². The van der Waals surface area contributed by atoms with Crippen LogP contribution in [0.25, 0.3) is 0 Å². The molecule has 0 spiro atoms. The van der Waals surface area contributed by atoms with E-state index in [1.165, 1.54) is 6.07 Å². The van der Waals surface area contributed by atoms with Gasteiger partial charge in [-0.3, -0.25) is 0 Å². The molecule has 0 aliphatic carbocycles. The Bertz CT molecular complexity index is 329. The normalized spacial score (nSPS) is 11.5. The molecular weight excluding hydrogens is 195 g/mol. The van der Waals surface area contributed by atoms with E-state index in [-0.39, 0.29) is 11.6 Å². The molecule has 84 valence electrons. The van der Waals surface area contributed by atoms with Crippen molar-refractivity contribution in [2.75, 3.05) is 6.61 Å². The average Bonchev–Trinajstić information content (AvgIpc) is 2.09. The first kappa shape index (κ1) is 12.0. The number of rotatable bonds is 4. The number of benzene rings is 1. The molecule has 0 aliphatic rings. The summed E-state index contributed by atoms with van der Waals surface area (Å²) in [7, 11) is 0. The zero-order valence-corrected chi connectivity index (χ0v) is 9.38. The molecule has 0 unspecified atom stereocenters. The second kappa shape index (κ2) is 4.62. The van der Waals surface area contributed by atoms with Gasteiger partial charge in [-0.15, -0.1) is 0 Å². The first-order valence-corrected chi connectivity index (χ1v) is 5.00. The third kappa shape index (κ3) is 4.30. The van der Waals surface area contributed by atoms with E-state index < -0.39 is 5.60 Å². The minimum Gasteiger partial charge on any atom is -0.490 e. The average molecular weight is 212 g/mol. The molecule has 1 rings (SSSR count). The van der Waals surface area contributed by atoms with Gasteiger partial charge in [0.2, 0.25) is 0 Å². The highest BCUT2D eigenvalue weighted by Gasteiger charge is 2.12. The molecule has 0 radical (unpaired) electrons. The monoisotopic (exact) mass is 212 g/mol. The van der Waals surface area contributed by atoms with Crippen molar-refractivity contribution < 1.29 is 14.2 Å². The Kier molecular flexibility index (Phi) is 3.69. The molecule has 0 aromatic heterocycles. The number of hydrogen-bond donors (Lipinski definition) is 1. The summed E-state index contributed by atoms with van der Waals surface area (Å²) < 4.78 is 18.5. The first-order chi connectivity index (χ1) is 6.88. The molecule has 15 heavy (non-hydrogen) atoms. The molecule has 1 aromatic rings. The van der Waals surface area contributed by atoms with Crippen molar-refractivity contribution >= 4 is 0 Å². The summed E-state index contributed by atoms with van der Waals surface area (Å²) in [6.07, 6.45) is 0.473. The SMILES string of the molecule is Cc1ccc(F)c(OCCC(C)(C)O)c1. The number of aliphatic hydroxyl groups is 1. The smallest absolute Gasteiger partial charge is 0.165 e. The van der Waals surface area contributed by atoms with E-state index in [9.17, 15) is 9.50 Å². The standard InChI is InChI=1S/C12H17FO2/c1-9-4-5-10(13)11(8-9)15-7-6-12(2,3)14/h4-5,8,14H,6-7H2,1-3H3. The third-order valence-electron chi connectivity index (χ3n) is 2.06. The first-order valence-electron chi connectivity index (χ1n) is 5.00. The van der Waals surface area contributed by atoms with Crippen LogP contribution in [-0.4, -0.2) is 17.3 Å². The highest BCUT2D eigenvalue weighted by Crippen LogP contribution is 2.19. The van der Waals surface area contributed by atoms with Crippen LogP contribution < -0.4 is 4.74 Å². The van der Waals surface area contributed by atoms with Crippen molar-refractivity contribution in [1.82, 2.24) is 0 Å². The third-order valence-corrected chi connectivity index (χ3v) is 2.06. The van der Waals surface area contributed by atoms with Gasteiger partial charge in [0.15, 0.2) is 11.6 Å². The van der Waals surface area contributed by atoms with Gasteiger partial charge >= 0.3 is 0 Å².